The van der Waals surface area contributed by atoms with Crippen LogP contribution in [0.5, 0.6) is 17.2 Å². The number of hydrogen-bond donors (Lipinski definition) is 1. The molecule has 1 fully saturated rings. The van der Waals surface area contributed by atoms with Gasteiger partial charge in [0.15, 0.2) is 11.5 Å². The second kappa shape index (κ2) is 8.97. The van der Waals surface area contributed by atoms with Gasteiger partial charge in [0, 0.05) is 13.5 Å². The number of aliphatic carboxylic acids is 1. The molecule has 0 unspecified atom stereocenters. The van der Waals surface area contributed by atoms with Gasteiger partial charge in [-0.05, 0) is 37.0 Å². The number of carboxylic acids is 1. The summed E-state index contributed by atoms with van der Waals surface area (Å²) in [6.07, 6.45) is 4.36. The summed E-state index contributed by atoms with van der Waals surface area (Å²) >= 11 is 0. The van der Waals surface area contributed by atoms with Crippen molar-refractivity contribution in [3.8, 4) is 17.2 Å². The van der Waals surface area contributed by atoms with E-state index in [1.165, 1.54) is 12.0 Å². The Labute approximate surface area is 160 Å². The lowest BCUT2D eigenvalue weighted by molar-refractivity contribution is -0.160. The summed E-state index contributed by atoms with van der Waals surface area (Å²) in [6.45, 7) is 0. The van der Waals surface area contributed by atoms with E-state index in [9.17, 15) is 14.7 Å². The van der Waals surface area contributed by atoms with Crippen LogP contribution in [-0.2, 0) is 16.0 Å². The summed E-state index contributed by atoms with van der Waals surface area (Å²) in [5, 5.41) is 9.75. The van der Waals surface area contributed by atoms with Crippen molar-refractivity contribution in [2.75, 3.05) is 28.4 Å². The van der Waals surface area contributed by atoms with Crippen LogP contribution in [-0.4, -0.2) is 55.8 Å². The number of likely N-dealkylation sites (N-methyl/N-ethyl adjacent to an activating group) is 1. The van der Waals surface area contributed by atoms with Crippen molar-refractivity contribution in [2.45, 2.75) is 50.5 Å². The lowest BCUT2D eigenvalue weighted by Crippen LogP contribution is -2.56. The predicted octanol–water partition coefficient (Wildman–Crippen LogP) is 2.89. The average Bonchev–Trinajstić information content (AvgIpc) is 2.70. The number of benzene rings is 1. The van der Waals surface area contributed by atoms with Crippen LogP contribution in [0.1, 0.15) is 44.1 Å². The van der Waals surface area contributed by atoms with Crippen LogP contribution in [0, 0.1) is 0 Å². The predicted molar refractivity (Wildman–Crippen MR) is 101 cm³/mol. The highest BCUT2D eigenvalue weighted by molar-refractivity contribution is 5.87. The summed E-state index contributed by atoms with van der Waals surface area (Å²) in [6, 6.07) is 3.62. The highest BCUT2D eigenvalue weighted by Crippen LogP contribution is 2.39. The third kappa shape index (κ3) is 4.28. The Hall–Kier alpha value is -2.44. The number of carbonyl (C=O) groups excluding carboxylic acids is 1. The zero-order valence-electron chi connectivity index (χ0n) is 16.5. The summed E-state index contributed by atoms with van der Waals surface area (Å²) in [7, 11) is 6.23. The molecule has 0 bridgehead atoms. The lowest BCUT2D eigenvalue weighted by atomic mass is 9.80. The number of rotatable bonds is 8. The quantitative estimate of drug-likeness (QED) is 0.748. The summed E-state index contributed by atoms with van der Waals surface area (Å²) in [5.74, 6) is 0.474. The first-order chi connectivity index (χ1) is 12.9. The molecule has 1 aliphatic carbocycles. The summed E-state index contributed by atoms with van der Waals surface area (Å²) < 4.78 is 16.0. The van der Waals surface area contributed by atoms with E-state index in [2.05, 4.69) is 0 Å². The van der Waals surface area contributed by atoms with Crippen molar-refractivity contribution in [2.24, 2.45) is 0 Å². The number of methoxy groups -OCH3 is 3. The number of carboxylic acid groups (broad SMARTS) is 1. The van der Waals surface area contributed by atoms with Crippen LogP contribution in [0.25, 0.3) is 0 Å². The fourth-order valence-corrected chi connectivity index (χ4v) is 3.77. The monoisotopic (exact) mass is 379 g/mol. The number of carbonyl (C=O) groups is 2. The van der Waals surface area contributed by atoms with E-state index in [0.29, 0.717) is 36.5 Å². The maximum atomic E-state index is 12.7. The molecule has 0 aromatic heterocycles. The van der Waals surface area contributed by atoms with Gasteiger partial charge in [-0.15, -0.1) is 0 Å². The van der Waals surface area contributed by atoms with Gasteiger partial charge in [0.05, 0.1) is 21.3 Å². The topological polar surface area (TPSA) is 85.3 Å². The van der Waals surface area contributed by atoms with Crippen LogP contribution < -0.4 is 14.2 Å². The molecule has 0 radical (unpaired) electrons. The third-order valence-corrected chi connectivity index (χ3v) is 5.45. The van der Waals surface area contributed by atoms with Crippen molar-refractivity contribution in [3.05, 3.63) is 17.7 Å². The molecule has 7 heteroatoms. The van der Waals surface area contributed by atoms with E-state index >= 15 is 0 Å². The first-order valence-electron chi connectivity index (χ1n) is 9.18. The Balaban J connectivity index is 2.13. The maximum absolute atomic E-state index is 12.7. The van der Waals surface area contributed by atoms with E-state index in [1.54, 1.807) is 21.3 Å². The molecular weight excluding hydrogens is 350 g/mol. The maximum Gasteiger partial charge on any atom is 0.329 e. The number of aryl methyl sites for hydroxylation is 1. The summed E-state index contributed by atoms with van der Waals surface area (Å²) in [4.78, 5) is 26.1. The molecule has 1 amide bonds. The number of ether oxygens (including phenoxy) is 3. The smallest absolute Gasteiger partial charge is 0.329 e. The van der Waals surface area contributed by atoms with Gasteiger partial charge in [0.2, 0.25) is 11.7 Å². The van der Waals surface area contributed by atoms with Gasteiger partial charge in [0.25, 0.3) is 0 Å². The molecule has 0 saturated heterocycles. The molecule has 1 aromatic carbocycles. The van der Waals surface area contributed by atoms with Crippen LogP contribution in [0.4, 0.5) is 0 Å². The number of amides is 1. The SMILES string of the molecule is COc1cc(CCC(=O)N(C)C2(C(=O)O)CCCCC2)cc(OC)c1OC. The largest absolute Gasteiger partial charge is 0.493 e. The second-order valence-corrected chi connectivity index (χ2v) is 6.88. The Morgan fingerprint density at radius 2 is 1.59 bits per heavy atom. The van der Waals surface area contributed by atoms with Gasteiger partial charge in [-0.1, -0.05) is 19.3 Å². The molecule has 0 heterocycles. The molecule has 0 atom stereocenters. The molecule has 7 nitrogen and oxygen atoms in total. The van der Waals surface area contributed by atoms with Crippen LogP contribution in [0.2, 0.25) is 0 Å². The van der Waals surface area contributed by atoms with E-state index in [-0.39, 0.29) is 12.3 Å². The van der Waals surface area contributed by atoms with Crippen LogP contribution in [0.15, 0.2) is 12.1 Å². The zero-order valence-corrected chi connectivity index (χ0v) is 16.5. The van der Waals surface area contributed by atoms with E-state index in [0.717, 1.165) is 24.8 Å². The van der Waals surface area contributed by atoms with Crippen molar-refractivity contribution >= 4 is 11.9 Å². The average molecular weight is 379 g/mol. The van der Waals surface area contributed by atoms with Gasteiger partial charge in [-0.25, -0.2) is 4.79 Å². The second-order valence-electron chi connectivity index (χ2n) is 6.88. The van der Waals surface area contributed by atoms with Crippen LogP contribution >= 0.6 is 0 Å². The van der Waals surface area contributed by atoms with E-state index < -0.39 is 11.5 Å². The Kier molecular flexibility index (Phi) is 6.93. The van der Waals surface area contributed by atoms with Crippen molar-refractivity contribution in [1.82, 2.24) is 4.90 Å². The highest BCUT2D eigenvalue weighted by atomic mass is 16.5. The van der Waals surface area contributed by atoms with Gasteiger partial charge in [-0.3, -0.25) is 4.79 Å². The first-order valence-corrected chi connectivity index (χ1v) is 9.18. The van der Waals surface area contributed by atoms with E-state index in [4.69, 9.17) is 14.2 Å². The van der Waals surface area contributed by atoms with Crippen molar-refractivity contribution in [3.63, 3.8) is 0 Å². The molecule has 1 aliphatic rings. The molecule has 27 heavy (non-hydrogen) atoms. The Morgan fingerprint density at radius 1 is 1.04 bits per heavy atom. The Morgan fingerprint density at radius 3 is 2.04 bits per heavy atom. The van der Waals surface area contributed by atoms with Gasteiger partial charge >= 0.3 is 5.97 Å². The highest BCUT2D eigenvalue weighted by Gasteiger charge is 2.45. The van der Waals surface area contributed by atoms with E-state index in [1.807, 2.05) is 12.1 Å². The van der Waals surface area contributed by atoms with Crippen molar-refractivity contribution < 1.29 is 28.9 Å². The number of hydrogen-bond acceptors (Lipinski definition) is 5. The molecular formula is C20H29NO6. The minimum atomic E-state index is -1.08. The molecule has 1 aromatic rings. The lowest BCUT2D eigenvalue weighted by Gasteiger charge is -2.41. The van der Waals surface area contributed by atoms with Gasteiger partial charge < -0.3 is 24.2 Å². The first kappa shape index (κ1) is 20.9. The van der Waals surface area contributed by atoms with Gasteiger partial charge in [0.1, 0.15) is 5.54 Å². The third-order valence-electron chi connectivity index (χ3n) is 5.45. The zero-order chi connectivity index (χ0) is 20.0. The normalized spacial score (nSPS) is 15.7. The fraction of sp³-hybridized carbons (Fsp3) is 0.600. The van der Waals surface area contributed by atoms with Gasteiger partial charge in [-0.2, -0.15) is 0 Å². The fourth-order valence-electron chi connectivity index (χ4n) is 3.77. The standard InChI is InChI=1S/C20H29NO6/c1-21(20(19(23)24)10-6-5-7-11-20)17(22)9-8-14-12-15(25-2)18(27-4)16(13-14)26-3/h12-13H,5-11H2,1-4H3,(H,23,24). The molecule has 2 rings (SSSR count). The minimum Gasteiger partial charge on any atom is -0.493 e. The molecule has 150 valence electrons. The Bertz CT molecular complexity index is 656. The summed E-state index contributed by atoms with van der Waals surface area (Å²) in [5.41, 5.74) is -0.218. The molecule has 0 spiro atoms. The van der Waals surface area contributed by atoms with Crippen LogP contribution in [0.3, 0.4) is 0 Å². The van der Waals surface area contributed by atoms with Crippen molar-refractivity contribution in [1.29, 1.82) is 0 Å². The minimum absolute atomic E-state index is 0.173. The number of nitrogens with zero attached hydrogens (tertiary/aromatic N) is 1. The molecule has 1 saturated carbocycles. The molecule has 1 N–H and O–H groups in total. The molecule has 0 aliphatic heterocycles.